The van der Waals surface area contributed by atoms with E-state index >= 15 is 0 Å². The zero-order valence-corrected chi connectivity index (χ0v) is 13.1. The molecule has 3 rings (SSSR count). The van der Waals surface area contributed by atoms with E-state index in [9.17, 15) is 9.18 Å². The molecule has 3 nitrogen and oxygen atoms in total. The van der Waals surface area contributed by atoms with Crippen molar-refractivity contribution in [3.8, 4) is 5.75 Å². The van der Waals surface area contributed by atoms with Crippen LogP contribution in [0.1, 0.15) is 31.7 Å². The smallest absolute Gasteiger partial charge is 0.235 e. The lowest BCUT2D eigenvalue weighted by molar-refractivity contribution is -0.124. The van der Waals surface area contributed by atoms with Crippen LogP contribution in [0.25, 0.3) is 0 Å². The van der Waals surface area contributed by atoms with Crippen molar-refractivity contribution in [2.45, 2.75) is 31.6 Å². The van der Waals surface area contributed by atoms with E-state index in [-0.39, 0.29) is 11.7 Å². The molecular weight excluding hydrogens is 293 g/mol. The highest BCUT2D eigenvalue weighted by Gasteiger charge is 2.45. The first-order valence-electron chi connectivity index (χ1n) is 7.95. The molecule has 2 aromatic rings. The lowest BCUT2D eigenvalue weighted by Gasteiger charge is -2.40. The summed E-state index contributed by atoms with van der Waals surface area (Å²) in [6.45, 7) is 2.43. The van der Waals surface area contributed by atoms with Gasteiger partial charge in [-0.05, 0) is 49.6 Å². The number of hydrogen-bond acceptors (Lipinski definition) is 2. The molecule has 4 heteroatoms. The normalized spacial score (nSPS) is 15.6. The number of anilines is 1. The van der Waals surface area contributed by atoms with Gasteiger partial charge in [0, 0.05) is 0 Å². The summed E-state index contributed by atoms with van der Waals surface area (Å²) in [4.78, 5) is 12.9. The number of benzene rings is 2. The highest BCUT2D eigenvalue weighted by Crippen LogP contribution is 2.45. The molecule has 1 aliphatic carbocycles. The Balaban J connectivity index is 1.87. The number of para-hydroxylation sites is 2. The maximum Gasteiger partial charge on any atom is 0.235 e. The van der Waals surface area contributed by atoms with Crippen molar-refractivity contribution in [3.05, 3.63) is 59.9 Å². The second-order valence-electron chi connectivity index (χ2n) is 5.83. The molecule has 0 bridgehead atoms. The minimum Gasteiger partial charge on any atom is -0.492 e. The molecule has 0 aliphatic heterocycles. The predicted octanol–water partition coefficient (Wildman–Crippen LogP) is 4.28. The first-order valence-corrected chi connectivity index (χ1v) is 7.95. The molecule has 0 spiro atoms. The predicted molar refractivity (Wildman–Crippen MR) is 88.2 cm³/mol. The van der Waals surface area contributed by atoms with Crippen LogP contribution in [0.2, 0.25) is 0 Å². The first-order chi connectivity index (χ1) is 11.2. The number of ether oxygens (including phenoxy) is 1. The van der Waals surface area contributed by atoms with Crippen LogP contribution in [0, 0.1) is 5.82 Å². The molecule has 2 aromatic carbocycles. The van der Waals surface area contributed by atoms with Gasteiger partial charge in [-0.3, -0.25) is 4.79 Å². The van der Waals surface area contributed by atoms with Crippen LogP contribution in [-0.4, -0.2) is 12.5 Å². The number of rotatable bonds is 5. The van der Waals surface area contributed by atoms with Gasteiger partial charge in [0.1, 0.15) is 11.6 Å². The van der Waals surface area contributed by atoms with Crippen molar-refractivity contribution >= 4 is 11.6 Å². The quantitative estimate of drug-likeness (QED) is 0.894. The lowest BCUT2D eigenvalue weighted by atomic mass is 9.63. The van der Waals surface area contributed by atoms with E-state index in [1.165, 1.54) is 12.1 Å². The van der Waals surface area contributed by atoms with E-state index in [4.69, 9.17) is 4.74 Å². The van der Waals surface area contributed by atoms with Gasteiger partial charge in [-0.1, -0.05) is 30.7 Å². The van der Waals surface area contributed by atoms with Gasteiger partial charge in [0.15, 0.2) is 0 Å². The molecule has 1 N–H and O–H groups in total. The number of carbonyl (C=O) groups is 1. The molecule has 0 atom stereocenters. The van der Waals surface area contributed by atoms with Crippen LogP contribution in [0.4, 0.5) is 10.1 Å². The maximum atomic E-state index is 13.6. The largest absolute Gasteiger partial charge is 0.492 e. The third-order valence-corrected chi connectivity index (χ3v) is 4.45. The summed E-state index contributed by atoms with van der Waals surface area (Å²) < 4.78 is 19.1. The third kappa shape index (κ3) is 2.93. The average molecular weight is 313 g/mol. The highest BCUT2D eigenvalue weighted by molar-refractivity contribution is 6.00. The molecular formula is C19H20FNO2. The fourth-order valence-corrected chi connectivity index (χ4v) is 3.06. The fourth-order valence-electron chi connectivity index (χ4n) is 3.06. The topological polar surface area (TPSA) is 38.3 Å². The molecule has 1 fully saturated rings. The monoisotopic (exact) mass is 313 g/mol. The van der Waals surface area contributed by atoms with Crippen LogP contribution in [0.15, 0.2) is 48.5 Å². The minimum atomic E-state index is -0.637. The molecule has 0 unspecified atom stereocenters. The van der Waals surface area contributed by atoms with Crippen molar-refractivity contribution in [2.75, 3.05) is 11.9 Å². The van der Waals surface area contributed by atoms with Crippen LogP contribution >= 0.6 is 0 Å². The van der Waals surface area contributed by atoms with Crippen molar-refractivity contribution < 1.29 is 13.9 Å². The molecule has 0 saturated heterocycles. The third-order valence-electron chi connectivity index (χ3n) is 4.45. The van der Waals surface area contributed by atoms with Gasteiger partial charge in [0.2, 0.25) is 5.91 Å². The standard InChI is InChI=1S/C19H20FNO2/c1-2-23-17-10-4-3-9-16(17)21-18(22)19(11-6-12-19)14-7-5-8-15(20)13-14/h3-5,7-10,13H,2,6,11-12H2,1H3,(H,21,22). The van der Waals surface area contributed by atoms with E-state index in [2.05, 4.69) is 5.32 Å². The van der Waals surface area contributed by atoms with Crippen LogP contribution in [0.5, 0.6) is 5.75 Å². The van der Waals surface area contributed by atoms with Crippen LogP contribution in [0.3, 0.4) is 0 Å². The average Bonchev–Trinajstić information content (AvgIpc) is 2.48. The van der Waals surface area contributed by atoms with Crippen molar-refractivity contribution in [1.29, 1.82) is 0 Å². The molecule has 120 valence electrons. The molecule has 1 aliphatic rings. The van der Waals surface area contributed by atoms with Gasteiger partial charge in [-0.25, -0.2) is 4.39 Å². The summed E-state index contributed by atoms with van der Waals surface area (Å²) >= 11 is 0. The van der Waals surface area contributed by atoms with E-state index in [1.54, 1.807) is 6.07 Å². The Labute approximate surface area is 135 Å². The summed E-state index contributed by atoms with van der Waals surface area (Å²) in [5.41, 5.74) is 0.763. The number of halogens is 1. The lowest BCUT2D eigenvalue weighted by Crippen LogP contribution is -2.46. The number of nitrogens with one attached hydrogen (secondary N) is 1. The number of amides is 1. The fraction of sp³-hybridized carbons (Fsp3) is 0.316. The Morgan fingerprint density at radius 1 is 1.22 bits per heavy atom. The van der Waals surface area contributed by atoms with Gasteiger partial charge in [-0.2, -0.15) is 0 Å². The van der Waals surface area contributed by atoms with Crippen LogP contribution in [-0.2, 0) is 10.2 Å². The molecule has 23 heavy (non-hydrogen) atoms. The molecule has 0 radical (unpaired) electrons. The number of hydrogen-bond donors (Lipinski definition) is 1. The summed E-state index contributed by atoms with van der Waals surface area (Å²) in [6.07, 6.45) is 2.44. The Morgan fingerprint density at radius 3 is 2.65 bits per heavy atom. The van der Waals surface area contributed by atoms with E-state index < -0.39 is 5.41 Å². The second-order valence-corrected chi connectivity index (χ2v) is 5.83. The maximum absolute atomic E-state index is 13.6. The van der Waals surface area contributed by atoms with Gasteiger partial charge < -0.3 is 10.1 Å². The Morgan fingerprint density at radius 2 is 2.00 bits per heavy atom. The van der Waals surface area contributed by atoms with E-state index in [0.29, 0.717) is 18.0 Å². The molecule has 0 aromatic heterocycles. The highest BCUT2D eigenvalue weighted by atomic mass is 19.1. The summed E-state index contributed by atoms with van der Waals surface area (Å²) in [7, 11) is 0. The van der Waals surface area contributed by atoms with Gasteiger partial charge >= 0.3 is 0 Å². The van der Waals surface area contributed by atoms with Crippen LogP contribution < -0.4 is 10.1 Å². The van der Waals surface area contributed by atoms with Crippen molar-refractivity contribution in [3.63, 3.8) is 0 Å². The Hall–Kier alpha value is -2.36. The number of carbonyl (C=O) groups excluding carboxylic acids is 1. The Kier molecular flexibility index (Phi) is 4.33. The second kappa shape index (κ2) is 6.41. The summed E-state index contributed by atoms with van der Waals surface area (Å²) in [5.74, 6) is 0.245. The van der Waals surface area contributed by atoms with Crippen molar-refractivity contribution in [1.82, 2.24) is 0 Å². The van der Waals surface area contributed by atoms with Gasteiger partial charge in [0.05, 0.1) is 17.7 Å². The zero-order valence-electron chi connectivity index (χ0n) is 13.1. The minimum absolute atomic E-state index is 0.0958. The molecule has 1 saturated carbocycles. The van der Waals surface area contributed by atoms with Gasteiger partial charge in [0.25, 0.3) is 0 Å². The zero-order chi connectivity index (χ0) is 16.3. The van der Waals surface area contributed by atoms with Gasteiger partial charge in [-0.15, -0.1) is 0 Å². The SMILES string of the molecule is CCOc1ccccc1NC(=O)C1(c2cccc(F)c2)CCC1. The molecule has 1 amide bonds. The summed E-state index contributed by atoms with van der Waals surface area (Å²) in [6, 6.07) is 13.7. The Bertz CT molecular complexity index is 710. The van der Waals surface area contributed by atoms with Crippen molar-refractivity contribution in [2.24, 2.45) is 0 Å². The van der Waals surface area contributed by atoms with E-state index in [1.807, 2.05) is 37.3 Å². The first kappa shape index (κ1) is 15.5. The van der Waals surface area contributed by atoms with E-state index in [0.717, 1.165) is 24.8 Å². The molecule has 0 heterocycles. The summed E-state index contributed by atoms with van der Waals surface area (Å²) in [5, 5.41) is 2.97.